The van der Waals surface area contributed by atoms with E-state index in [-0.39, 0.29) is 37.7 Å². The quantitative estimate of drug-likeness (QED) is 0.290. The van der Waals surface area contributed by atoms with E-state index in [4.69, 9.17) is 9.47 Å². The van der Waals surface area contributed by atoms with Gasteiger partial charge in [-0.15, -0.1) is 0 Å². The van der Waals surface area contributed by atoms with Crippen molar-refractivity contribution in [2.45, 2.75) is 50.4 Å². The van der Waals surface area contributed by atoms with Gasteiger partial charge in [-0.2, -0.15) is 0 Å². The number of epoxide rings is 1. The number of nitrogens with zero attached hydrogens (tertiary/aromatic N) is 2. The van der Waals surface area contributed by atoms with Crippen molar-refractivity contribution in [1.82, 2.24) is 25.8 Å². The second-order valence-electron chi connectivity index (χ2n) is 10.5. The van der Waals surface area contributed by atoms with Gasteiger partial charge in [0.25, 0.3) is 0 Å². The monoisotopic (exact) mass is 569 g/mol. The molecular weight excluding hydrogens is 533 g/mol. The molecule has 11 nitrogen and oxygen atoms in total. The molecule has 0 bridgehead atoms. The molecule has 0 spiro atoms. The molecule has 1 aromatic carbocycles. The molecular formula is C29H36FN5O6. The molecule has 0 radical (unpaired) electrons. The Morgan fingerprint density at radius 1 is 0.976 bits per heavy atom. The fourth-order valence-electron chi connectivity index (χ4n) is 4.51. The van der Waals surface area contributed by atoms with Crippen LogP contribution in [-0.2, 0) is 41.5 Å². The van der Waals surface area contributed by atoms with Crippen molar-refractivity contribution < 1.29 is 33.0 Å². The summed E-state index contributed by atoms with van der Waals surface area (Å²) >= 11 is 0. The first-order valence-corrected chi connectivity index (χ1v) is 13.7. The number of ether oxygens (including phenoxy) is 2. The van der Waals surface area contributed by atoms with Crippen LogP contribution >= 0.6 is 0 Å². The molecule has 2 fully saturated rings. The number of rotatable bonds is 13. The molecule has 3 amide bonds. The highest BCUT2D eigenvalue weighted by atomic mass is 19.1. The van der Waals surface area contributed by atoms with Crippen LogP contribution in [0.5, 0.6) is 0 Å². The van der Waals surface area contributed by atoms with E-state index < -0.39 is 41.4 Å². The maximum atomic E-state index is 13.6. The number of halogens is 1. The molecule has 41 heavy (non-hydrogen) atoms. The zero-order valence-corrected chi connectivity index (χ0v) is 23.2. The summed E-state index contributed by atoms with van der Waals surface area (Å²) in [5.41, 5.74) is 0.218. The summed E-state index contributed by atoms with van der Waals surface area (Å²) in [6, 6.07) is 8.85. The van der Waals surface area contributed by atoms with Gasteiger partial charge in [-0.05, 0) is 38.0 Å². The van der Waals surface area contributed by atoms with Gasteiger partial charge in [0.05, 0.1) is 38.6 Å². The lowest BCUT2D eigenvalue weighted by molar-refractivity contribution is -0.134. The van der Waals surface area contributed by atoms with Gasteiger partial charge in [-0.3, -0.25) is 29.1 Å². The molecule has 3 N–H and O–H groups in total. The van der Waals surface area contributed by atoms with Crippen molar-refractivity contribution in [1.29, 1.82) is 0 Å². The van der Waals surface area contributed by atoms with Crippen LogP contribution in [0.25, 0.3) is 0 Å². The van der Waals surface area contributed by atoms with Crippen LogP contribution in [0.1, 0.15) is 25.1 Å². The predicted octanol–water partition coefficient (Wildman–Crippen LogP) is 0.170. The van der Waals surface area contributed by atoms with E-state index in [1.807, 2.05) is 35.2 Å². The summed E-state index contributed by atoms with van der Waals surface area (Å²) in [6.45, 7) is 5.88. The van der Waals surface area contributed by atoms with Crippen molar-refractivity contribution in [3.63, 3.8) is 0 Å². The van der Waals surface area contributed by atoms with E-state index >= 15 is 0 Å². The van der Waals surface area contributed by atoms with Crippen molar-refractivity contribution >= 4 is 23.5 Å². The van der Waals surface area contributed by atoms with Gasteiger partial charge in [0, 0.05) is 25.2 Å². The van der Waals surface area contributed by atoms with Crippen molar-refractivity contribution in [3.8, 4) is 0 Å². The minimum atomic E-state index is -1.15. The average molecular weight is 570 g/mol. The number of hydrogen-bond acceptors (Lipinski definition) is 8. The Labute approximate surface area is 238 Å². The van der Waals surface area contributed by atoms with Crippen LogP contribution in [0.15, 0.2) is 48.7 Å². The lowest BCUT2D eigenvalue weighted by atomic mass is 9.94. The Hall–Kier alpha value is -3.74. The van der Waals surface area contributed by atoms with E-state index in [0.717, 1.165) is 11.8 Å². The number of morpholine rings is 1. The average Bonchev–Trinajstić information content (AvgIpc) is 3.72. The predicted molar refractivity (Wildman–Crippen MR) is 146 cm³/mol. The zero-order chi connectivity index (χ0) is 29.4. The third kappa shape index (κ3) is 8.87. The molecule has 3 heterocycles. The van der Waals surface area contributed by atoms with Crippen LogP contribution in [0.2, 0.25) is 0 Å². The number of hydrogen-bond donors (Lipinski definition) is 3. The highest BCUT2D eigenvalue weighted by Crippen LogP contribution is 2.29. The number of amides is 3. The summed E-state index contributed by atoms with van der Waals surface area (Å²) in [4.78, 5) is 58.4. The van der Waals surface area contributed by atoms with Gasteiger partial charge in [-0.1, -0.05) is 30.3 Å². The maximum absolute atomic E-state index is 13.6. The highest BCUT2D eigenvalue weighted by molar-refractivity contribution is 5.98. The molecule has 1 unspecified atom stereocenters. The maximum Gasteiger partial charge on any atom is 0.243 e. The fraction of sp³-hybridized carbons (Fsp3) is 0.483. The zero-order valence-electron chi connectivity index (χ0n) is 23.2. The second kappa shape index (κ2) is 13.7. The Balaban J connectivity index is 1.45. The number of ketones is 1. The third-order valence-corrected chi connectivity index (χ3v) is 7.09. The Bertz CT molecular complexity index is 1220. The number of nitrogens with one attached hydrogen (secondary N) is 3. The second-order valence-corrected chi connectivity index (χ2v) is 10.5. The van der Waals surface area contributed by atoms with E-state index in [1.165, 1.54) is 19.1 Å². The highest BCUT2D eigenvalue weighted by Gasteiger charge is 2.50. The molecule has 220 valence electrons. The summed E-state index contributed by atoms with van der Waals surface area (Å²) in [6.07, 6.45) is 1.19. The largest absolute Gasteiger partial charge is 0.379 e. The number of benzene rings is 1. The van der Waals surface area contributed by atoms with E-state index in [2.05, 4.69) is 20.9 Å². The normalized spacial score (nSPS) is 20.8. The van der Waals surface area contributed by atoms with E-state index in [1.54, 1.807) is 6.92 Å². The molecule has 2 aliphatic heterocycles. The van der Waals surface area contributed by atoms with Crippen molar-refractivity contribution in [2.75, 3.05) is 39.5 Å². The molecule has 2 aromatic rings. The number of Topliss-reactive ketones (excluding diaryl/α,β-unsaturated/α-hetero) is 1. The Kier molecular flexibility index (Phi) is 10.1. The van der Waals surface area contributed by atoms with Gasteiger partial charge >= 0.3 is 0 Å². The summed E-state index contributed by atoms with van der Waals surface area (Å²) in [5, 5.41) is 8.13. The third-order valence-electron chi connectivity index (χ3n) is 7.09. The number of pyridine rings is 1. The minimum absolute atomic E-state index is 0.0632. The summed E-state index contributed by atoms with van der Waals surface area (Å²) < 4.78 is 24.1. The van der Waals surface area contributed by atoms with Crippen LogP contribution in [-0.4, -0.2) is 96.6 Å². The van der Waals surface area contributed by atoms with Crippen LogP contribution < -0.4 is 16.0 Å². The topological polar surface area (TPSA) is 142 Å². The first-order valence-electron chi connectivity index (χ1n) is 13.7. The lowest BCUT2D eigenvalue weighted by Gasteiger charge is -2.27. The first-order chi connectivity index (χ1) is 19.6. The van der Waals surface area contributed by atoms with Gasteiger partial charge in [0.2, 0.25) is 17.7 Å². The van der Waals surface area contributed by atoms with Crippen molar-refractivity contribution in [2.24, 2.45) is 0 Å². The van der Waals surface area contributed by atoms with Crippen LogP contribution in [0.3, 0.4) is 0 Å². The Morgan fingerprint density at radius 3 is 2.29 bits per heavy atom. The van der Waals surface area contributed by atoms with Gasteiger partial charge in [0.15, 0.2) is 5.78 Å². The smallest absolute Gasteiger partial charge is 0.243 e. The van der Waals surface area contributed by atoms with Crippen LogP contribution in [0, 0.1) is 5.82 Å². The molecule has 2 aliphatic rings. The SMILES string of the molecule is C[C@H](NC(=O)CN1CCOCC1)C(=O)N[C@@H](Cc1ccc(F)cn1)C(=O)NC(Cc1ccccc1)C(=O)[C@@]1(C)CO1. The van der Waals surface area contributed by atoms with Crippen LogP contribution in [0.4, 0.5) is 4.39 Å². The lowest BCUT2D eigenvalue weighted by Crippen LogP contribution is -2.57. The molecule has 4 rings (SSSR count). The minimum Gasteiger partial charge on any atom is -0.379 e. The molecule has 0 aliphatic carbocycles. The van der Waals surface area contributed by atoms with Gasteiger partial charge in [0.1, 0.15) is 23.5 Å². The standard InChI is InChI=1S/C29H36FN5O6/c1-19(32-25(36)17-35-10-12-40-13-11-35)27(38)34-24(15-22-9-8-21(30)16-31-22)28(39)33-23(26(37)29(2)18-41-29)14-20-6-4-3-5-7-20/h3-9,16,19,23-24H,10-15,17-18H2,1-2H3,(H,32,36)(H,33,39)(H,34,38)/t19-,23?,24-,29+/m0/s1. The molecule has 0 saturated carbocycles. The van der Waals surface area contributed by atoms with Crippen molar-refractivity contribution in [3.05, 3.63) is 65.7 Å². The van der Waals surface area contributed by atoms with Gasteiger partial charge in [-0.25, -0.2) is 4.39 Å². The van der Waals surface area contributed by atoms with E-state index in [0.29, 0.717) is 32.0 Å². The number of aromatic nitrogens is 1. The fourth-order valence-corrected chi connectivity index (χ4v) is 4.51. The molecule has 12 heteroatoms. The summed E-state index contributed by atoms with van der Waals surface area (Å²) in [7, 11) is 0. The molecule has 4 atom stereocenters. The molecule has 2 saturated heterocycles. The van der Waals surface area contributed by atoms with E-state index in [9.17, 15) is 23.6 Å². The molecule has 1 aromatic heterocycles. The summed E-state index contributed by atoms with van der Waals surface area (Å²) in [5.74, 6) is -2.35. The number of carbonyl (C=O) groups is 4. The number of carbonyl (C=O) groups excluding carboxylic acids is 4. The van der Waals surface area contributed by atoms with Gasteiger partial charge < -0.3 is 25.4 Å². The Morgan fingerprint density at radius 2 is 1.66 bits per heavy atom. The first kappa shape index (κ1) is 30.2.